The summed E-state index contributed by atoms with van der Waals surface area (Å²) in [6.45, 7) is 0.532. The first-order valence-corrected chi connectivity index (χ1v) is 11.3. The summed E-state index contributed by atoms with van der Waals surface area (Å²) in [6.07, 6.45) is -2.47. The van der Waals surface area contributed by atoms with Gasteiger partial charge in [0.25, 0.3) is 0 Å². The van der Waals surface area contributed by atoms with Crippen LogP contribution >= 0.6 is 0 Å². The smallest absolute Gasteiger partial charge is 0.335 e. The molecular weight excluding hydrogens is 422 g/mol. The van der Waals surface area contributed by atoms with Gasteiger partial charge in [0.2, 0.25) is 6.23 Å². The summed E-state index contributed by atoms with van der Waals surface area (Å²) in [7, 11) is 3.65. The molecule has 33 heavy (non-hydrogen) atoms. The average molecular weight is 455 g/mol. The summed E-state index contributed by atoms with van der Waals surface area (Å²) in [5.41, 5.74) is 6.21. The van der Waals surface area contributed by atoms with Gasteiger partial charge in [-0.15, -0.1) is 0 Å². The van der Waals surface area contributed by atoms with Gasteiger partial charge in [0.1, 0.15) is 12.2 Å². The van der Waals surface area contributed by atoms with E-state index in [1.165, 1.54) is 27.8 Å². The Labute approximate surface area is 193 Å². The highest BCUT2D eigenvalue weighted by Gasteiger charge is 2.52. The van der Waals surface area contributed by atoms with E-state index in [1.54, 1.807) is 0 Å². The molecule has 1 fully saturated rings. The molecule has 2 aromatic rings. The van der Waals surface area contributed by atoms with Gasteiger partial charge in [-0.3, -0.25) is 0 Å². The van der Waals surface area contributed by atoms with Gasteiger partial charge in [-0.25, -0.2) is 4.79 Å². The third-order valence-corrected chi connectivity index (χ3v) is 6.85. The van der Waals surface area contributed by atoms with E-state index in [9.17, 15) is 25.2 Å². The van der Waals surface area contributed by atoms with Crippen molar-refractivity contribution in [1.29, 1.82) is 0 Å². The minimum absolute atomic E-state index is 0.127. The Morgan fingerprint density at radius 2 is 1.48 bits per heavy atom. The van der Waals surface area contributed by atoms with Gasteiger partial charge in [-0.05, 0) is 40.7 Å². The number of benzene rings is 2. The molecule has 1 aliphatic carbocycles. The molecule has 0 saturated carbocycles. The largest absolute Gasteiger partial charge is 0.479 e. The van der Waals surface area contributed by atoms with Crippen LogP contribution in [-0.4, -0.2) is 82.2 Å². The van der Waals surface area contributed by atoms with E-state index in [0.29, 0.717) is 13.0 Å². The lowest BCUT2D eigenvalue weighted by Gasteiger charge is -2.46. The monoisotopic (exact) mass is 454 g/mol. The quantitative estimate of drug-likeness (QED) is 0.511. The molecule has 1 saturated heterocycles. The Morgan fingerprint density at radius 3 is 2.03 bits per heavy atom. The van der Waals surface area contributed by atoms with Crippen molar-refractivity contribution in [2.75, 3.05) is 20.6 Å². The Morgan fingerprint density at radius 1 is 0.939 bits per heavy atom. The number of fused-ring (bicyclic) bond motifs is 2. The molecule has 0 aromatic heterocycles. The Hall–Kier alpha value is -2.55. The van der Waals surface area contributed by atoms with Crippen LogP contribution in [0.2, 0.25) is 0 Å². The summed E-state index contributed by atoms with van der Waals surface area (Å²) in [6, 6.07) is 16.8. The van der Waals surface area contributed by atoms with Crippen molar-refractivity contribution >= 4 is 11.5 Å². The highest BCUT2D eigenvalue weighted by Crippen LogP contribution is 2.34. The molecule has 4 N–H and O–H groups in total. The number of aliphatic hydroxyl groups is 3. The van der Waals surface area contributed by atoms with E-state index in [1.807, 2.05) is 26.2 Å². The lowest BCUT2D eigenvalue weighted by atomic mass is 9.93. The molecule has 2 aliphatic rings. The van der Waals surface area contributed by atoms with Gasteiger partial charge in [0.05, 0.1) is 20.6 Å². The van der Waals surface area contributed by atoms with Crippen LogP contribution in [0.4, 0.5) is 0 Å². The fourth-order valence-electron chi connectivity index (χ4n) is 4.95. The first-order valence-electron chi connectivity index (χ1n) is 11.3. The molecule has 0 bridgehead atoms. The molecule has 176 valence electrons. The van der Waals surface area contributed by atoms with Crippen LogP contribution in [0.15, 0.2) is 54.6 Å². The van der Waals surface area contributed by atoms with Crippen molar-refractivity contribution < 1.29 is 34.4 Å². The van der Waals surface area contributed by atoms with Crippen molar-refractivity contribution in [3.63, 3.8) is 0 Å². The molecular formula is C26H32NO6+. The Bertz CT molecular complexity index is 999. The molecule has 0 amide bonds. The minimum Gasteiger partial charge on any atom is -0.479 e. The standard InChI is InChI=1S/C26H31NO6/c1-27(2,25-23(30)21(28)22(29)24(33-25)26(31)32)15-7-12-20-18-10-5-3-8-16(18)13-14-17-9-4-6-11-19(17)20/h3-6,8-12,21-25,28-30H,7,13-15H2,1-2H3/p+1. The number of aryl methyl sites for hydroxylation is 2. The van der Waals surface area contributed by atoms with Crippen molar-refractivity contribution in [2.45, 2.75) is 49.9 Å². The van der Waals surface area contributed by atoms with Crippen LogP contribution in [0, 0.1) is 0 Å². The van der Waals surface area contributed by atoms with E-state index >= 15 is 0 Å². The predicted octanol–water partition coefficient (Wildman–Crippen LogP) is 1.58. The molecule has 1 heterocycles. The molecule has 5 atom stereocenters. The second kappa shape index (κ2) is 9.37. The molecule has 7 nitrogen and oxygen atoms in total. The first kappa shape index (κ1) is 23.6. The first-order chi connectivity index (χ1) is 15.7. The number of hydrogen-bond donors (Lipinski definition) is 4. The molecule has 1 aliphatic heterocycles. The van der Waals surface area contributed by atoms with Crippen molar-refractivity contribution in [3.05, 3.63) is 76.9 Å². The van der Waals surface area contributed by atoms with Crippen LogP contribution < -0.4 is 0 Å². The summed E-state index contributed by atoms with van der Waals surface area (Å²) in [5, 5.41) is 40.1. The molecule has 0 spiro atoms. The Balaban J connectivity index is 1.59. The average Bonchev–Trinajstić information content (AvgIpc) is 2.94. The number of carbonyl (C=O) groups is 1. The number of carboxylic acids is 1. The van der Waals surface area contributed by atoms with Gasteiger partial charge in [0.15, 0.2) is 12.2 Å². The van der Waals surface area contributed by atoms with E-state index in [2.05, 4.69) is 42.5 Å². The van der Waals surface area contributed by atoms with Crippen LogP contribution in [0.25, 0.3) is 5.57 Å². The number of rotatable bonds is 5. The molecule has 2 aromatic carbocycles. The van der Waals surface area contributed by atoms with Crippen molar-refractivity contribution in [2.24, 2.45) is 0 Å². The van der Waals surface area contributed by atoms with Crippen LogP contribution in [0.1, 0.15) is 28.7 Å². The lowest BCUT2D eigenvalue weighted by molar-refractivity contribution is -0.944. The van der Waals surface area contributed by atoms with E-state index in [4.69, 9.17) is 4.74 Å². The number of ether oxygens (including phenoxy) is 1. The number of quaternary nitrogens is 1. The van der Waals surface area contributed by atoms with Gasteiger partial charge >= 0.3 is 5.97 Å². The number of aliphatic carboxylic acids is 1. The second-order valence-corrected chi connectivity index (χ2v) is 9.48. The predicted molar refractivity (Wildman–Crippen MR) is 123 cm³/mol. The van der Waals surface area contributed by atoms with Gasteiger partial charge in [-0.1, -0.05) is 54.6 Å². The van der Waals surface area contributed by atoms with Gasteiger partial charge < -0.3 is 29.6 Å². The fraction of sp³-hybridized carbons (Fsp3) is 0.423. The lowest BCUT2D eigenvalue weighted by Crippen LogP contribution is -2.68. The maximum atomic E-state index is 11.5. The summed E-state index contributed by atoms with van der Waals surface area (Å²) < 4.78 is 5.70. The third kappa shape index (κ3) is 4.60. The van der Waals surface area contributed by atoms with Crippen LogP contribution in [0.3, 0.4) is 0 Å². The second-order valence-electron chi connectivity index (χ2n) is 9.48. The molecule has 5 unspecified atom stereocenters. The SMILES string of the molecule is C[N+](C)(CCC=C1c2ccccc2CCc2ccccc21)C1OC(C(=O)O)C(O)C(O)C1O. The number of carboxylic acid groups (broad SMARTS) is 1. The van der Waals surface area contributed by atoms with Crippen molar-refractivity contribution in [3.8, 4) is 0 Å². The number of hydrogen-bond acceptors (Lipinski definition) is 5. The van der Waals surface area contributed by atoms with Crippen LogP contribution in [0.5, 0.6) is 0 Å². The number of likely N-dealkylation sites (N-methyl/N-ethyl adjacent to an activating group) is 1. The van der Waals surface area contributed by atoms with Crippen LogP contribution in [-0.2, 0) is 22.4 Å². The molecule has 4 rings (SSSR count). The molecule has 0 radical (unpaired) electrons. The minimum atomic E-state index is -1.69. The zero-order chi connectivity index (χ0) is 23.8. The summed E-state index contributed by atoms with van der Waals surface area (Å²) in [4.78, 5) is 11.5. The zero-order valence-electron chi connectivity index (χ0n) is 19.0. The summed E-state index contributed by atoms with van der Waals surface area (Å²) >= 11 is 0. The van der Waals surface area contributed by atoms with E-state index < -0.39 is 36.6 Å². The topological polar surface area (TPSA) is 107 Å². The highest BCUT2D eigenvalue weighted by atomic mass is 16.6. The summed E-state index contributed by atoms with van der Waals surface area (Å²) in [5.74, 6) is -1.37. The third-order valence-electron chi connectivity index (χ3n) is 6.85. The number of nitrogens with zero attached hydrogens (tertiary/aromatic N) is 1. The Kier molecular flexibility index (Phi) is 6.70. The van der Waals surface area contributed by atoms with Crippen molar-refractivity contribution in [1.82, 2.24) is 0 Å². The van der Waals surface area contributed by atoms with Gasteiger partial charge in [0, 0.05) is 6.42 Å². The van der Waals surface area contributed by atoms with E-state index in [-0.39, 0.29) is 4.48 Å². The highest BCUT2D eigenvalue weighted by molar-refractivity contribution is 5.83. The maximum Gasteiger partial charge on any atom is 0.335 e. The van der Waals surface area contributed by atoms with Gasteiger partial charge in [-0.2, -0.15) is 0 Å². The van der Waals surface area contributed by atoms with E-state index in [0.717, 1.165) is 12.8 Å². The zero-order valence-corrected chi connectivity index (χ0v) is 19.0. The normalized spacial score (nSPS) is 27.3. The molecule has 7 heteroatoms. The fourth-order valence-corrected chi connectivity index (χ4v) is 4.95. The number of aliphatic hydroxyl groups excluding tert-OH is 3. The maximum absolute atomic E-state index is 11.5.